The zero-order valence-electron chi connectivity index (χ0n) is 15.7. The number of para-hydroxylation sites is 1. The van der Waals surface area contributed by atoms with E-state index < -0.39 is 5.82 Å². The minimum absolute atomic E-state index is 0.0186. The van der Waals surface area contributed by atoms with Gasteiger partial charge in [0.2, 0.25) is 11.8 Å². The van der Waals surface area contributed by atoms with Gasteiger partial charge in [-0.15, -0.1) is 0 Å². The lowest BCUT2D eigenvalue weighted by molar-refractivity contribution is -0.113. The normalized spacial score (nSPS) is 10.3. The molecule has 1 N–H and O–H groups in total. The van der Waals surface area contributed by atoms with Crippen LogP contribution in [0.3, 0.4) is 0 Å². The minimum atomic E-state index is -0.494. The first-order valence-electron chi connectivity index (χ1n) is 8.48. The number of halogens is 1. The third kappa shape index (κ3) is 5.82. The first-order valence-corrected chi connectivity index (χ1v) is 9.47. The van der Waals surface area contributed by atoms with Crippen molar-refractivity contribution in [2.24, 2.45) is 0 Å². The maximum atomic E-state index is 13.6. The number of anilines is 1. The summed E-state index contributed by atoms with van der Waals surface area (Å²) in [6.07, 6.45) is 1.52. The molecule has 0 saturated carbocycles. The fourth-order valence-corrected chi connectivity index (χ4v) is 2.91. The Kier molecular flexibility index (Phi) is 6.85. The summed E-state index contributed by atoms with van der Waals surface area (Å²) in [4.78, 5) is 20.4. The van der Waals surface area contributed by atoms with Crippen LogP contribution in [0.15, 0.2) is 59.9 Å². The minimum Gasteiger partial charge on any atom is -0.496 e. The second-order valence-electron chi connectivity index (χ2n) is 5.64. The molecule has 7 nitrogen and oxygen atoms in total. The number of methoxy groups -OCH3 is 2. The highest BCUT2D eigenvalue weighted by Crippen LogP contribution is 2.30. The van der Waals surface area contributed by atoms with Gasteiger partial charge < -0.3 is 19.5 Å². The number of carbonyl (C=O) groups excluding carboxylic acids is 1. The second-order valence-corrected chi connectivity index (χ2v) is 6.59. The molecule has 0 unspecified atom stereocenters. The fourth-order valence-electron chi connectivity index (χ4n) is 2.29. The van der Waals surface area contributed by atoms with Gasteiger partial charge in [0, 0.05) is 30.5 Å². The molecule has 0 aliphatic rings. The molecule has 0 bridgehead atoms. The number of hydrogen-bond donors (Lipinski definition) is 1. The summed E-state index contributed by atoms with van der Waals surface area (Å²) in [5, 5.41) is 2.86. The summed E-state index contributed by atoms with van der Waals surface area (Å²) < 4.78 is 29.8. The van der Waals surface area contributed by atoms with Crippen LogP contribution in [0.2, 0.25) is 0 Å². The van der Waals surface area contributed by atoms with E-state index in [1.54, 1.807) is 50.6 Å². The second kappa shape index (κ2) is 9.74. The van der Waals surface area contributed by atoms with Crippen LogP contribution in [0, 0.1) is 5.82 Å². The molecule has 1 amide bonds. The van der Waals surface area contributed by atoms with Gasteiger partial charge in [-0.05, 0) is 12.1 Å². The fraction of sp³-hybridized carbons (Fsp3) is 0.150. The average molecular weight is 415 g/mol. The lowest BCUT2D eigenvalue weighted by atomic mass is 10.3. The Bertz CT molecular complexity index is 981. The van der Waals surface area contributed by atoms with Gasteiger partial charge in [-0.1, -0.05) is 23.9 Å². The molecule has 2 aromatic carbocycles. The van der Waals surface area contributed by atoms with Gasteiger partial charge >= 0.3 is 0 Å². The summed E-state index contributed by atoms with van der Waals surface area (Å²) in [7, 11) is 3.09. The monoisotopic (exact) mass is 415 g/mol. The van der Waals surface area contributed by atoms with E-state index in [0.717, 1.165) is 11.8 Å². The van der Waals surface area contributed by atoms with Crippen LogP contribution in [0.5, 0.6) is 23.1 Å². The number of benzene rings is 2. The van der Waals surface area contributed by atoms with Crippen molar-refractivity contribution >= 4 is 23.4 Å². The van der Waals surface area contributed by atoms with Crippen molar-refractivity contribution in [2.45, 2.75) is 5.16 Å². The topological polar surface area (TPSA) is 82.6 Å². The SMILES string of the molecule is COc1cc(OC)cc(Oc2ccnc(SCC(=O)Nc3ccccc3F)n2)c1. The average Bonchev–Trinajstić information content (AvgIpc) is 2.74. The highest BCUT2D eigenvalue weighted by Gasteiger charge is 2.10. The summed E-state index contributed by atoms with van der Waals surface area (Å²) in [5.41, 5.74) is 0.128. The molecular weight excluding hydrogens is 397 g/mol. The van der Waals surface area contributed by atoms with Crippen molar-refractivity contribution in [2.75, 3.05) is 25.3 Å². The number of thioether (sulfide) groups is 1. The van der Waals surface area contributed by atoms with Crippen molar-refractivity contribution in [3.63, 3.8) is 0 Å². The van der Waals surface area contributed by atoms with E-state index in [1.807, 2.05) is 0 Å². The van der Waals surface area contributed by atoms with Crippen molar-refractivity contribution in [3.8, 4) is 23.1 Å². The van der Waals surface area contributed by atoms with E-state index in [1.165, 1.54) is 18.3 Å². The van der Waals surface area contributed by atoms with Crippen LogP contribution in [0.4, 0.5) is 10.1 Å². The Morgan fingerprint density at radius 1 is 1.07 bits per heavy atom. The maximum Gasteiger partial charge on any atom is 0.234 e. The molecule has 3 rings (SSSR count). The standard InChI is InChI=1S/C20H18FN3O4S/c1-26-13-9-14(27-2)11-15(10-13)28-19-7-8-22-20(24-19)29-12-18(25)23-17-6-4-3-5-16(17)21/h3-11H,12H2,1-2H3,(H,23,25). The summed E-state index contributed by atoms with van der Waals surface area (Å²) in [5.74, 6) is 1.09. The Morgan fingerprint density at radius 3 is 2.45 bits per heavy atom. The molecule has 150 valence electrons. The molecule has 1 heterocycles. The maximum absolute atomic E-state index is 13.6. The molecule has 0 fully saturated rings. The van der Waals surface area contributed by atoms with Crippen LogP contribution < -0.4 is 19.5 Å². The van der Waals surface area contributed by atoms with Crippen molar-refractivity contribution in [3.05, 3.63) is 60.5 Å². The summed E-state index contributed by atoms with van der Waals surface area (Å²) >= 11 is 1.11. The first-order chi connectivity index (χ1) is 14.1. The Morgan fingerprint density at radius 2 is 1.76 bits per heavy atom. The highest BCUT2D eigenvalue weighted by molar-refractivity contribution is 7.99. The highest BCUT2D eigenvalue weighted by atomic mass is 32.2. The van der Waals surface area contributed by atoms with Gasteiger partial charge in [0.05, 0.1) is 25.7 Å². The van der Waals surface area contributed by atoms with Gasteiger partial charge in [0.1, 0.15) is 23.1 Å². The van der Waals surface area contributed by atoms with Gasteiger partial charge in [-0.25, -0.2) is 9.37 Å². The van der Waals surface area contributed by atoms with Crippen LogP contribution >= 0.6 is 11.8 Å². The third-order valence-electron chi connectivity index (χ3n) is 3.64. The number of amides is 1. The zero-order chi connectivity index (χ0) is 20.6. The van der Waals surface area contributed by atoms with Gasteiger partial charge in [-0.3, -0.25) is 4.79 Å². The molecule has 0 aliphatic carbocycles. The molecule has 0 aliphatic heterocycles. The molecule has 0 atom stereocenters. The number of aromatic nitrogens is 2. The molecule has 3 aromatic rings. The van der Waals surface area contributed by atoms with Crippen molar-refractivity contribution in [1.82, 2.24) is 9.97 Å². The van der Waals surface area contributed by atoms with E-state index in [4.69, 9.17) is 14.2 Å². The lowest BCUT2D eigenvalue weighted by Gasteiger charge is -2.10. The molecule has 0 spiro atoms. The number of nitrogens with one attached hydrogen (secondary N) is 1. The van der Waals surface area contributed by atoms with E-state index in [0.29, 0.717) is 28.3 Å². The molecule has 29 heavy (non-hydrogen) atoms. The summed E-state index contributed by atoms with van der Waals surface area (Å²) in [6.45, 7) is 0. The molecule has 0 radical (unpaired) electrons. The summed E-state index contributed by atoms with van der Waals surface area (Å²) in [6, 6.07) is 12.7. The largest absolute Gasteiger partial charge is 0.496 e. The Hall–Kier alpha value is -3.33. The van der Waals surface area contributed by atoms with E-state index in [9.17, 15) is 9.18 Å². The van der Waals surface area contributed by atoms with Crippen LogP contribution in [0.1, 0.15) is 0 Å². The predicted octanol–water partition coefficient (Wildman–Crippen LogP) is 4.16. The number of rotatable bonds is 8. The quantitative estimate of drug-likeness (QED) is 0.437. The van der Waals surface area contributed by atoms with Crippen LogP contribution in [-0.4, -0.2) is 35.8 Å². The van der Waals surface area contributed by atoms with Gasteiger partial charge in [-0.2, -0.15) is 4.98 Å². The van der Waals surface area contributed by atoms with E-state index >= 15 is 0 Å². The molecule has 1 aromatic heterocycles. The van der Waals surface area contributed by atoms with Crippen LogP contribution in [0.25, 0.3) is 0 Å². The molecule has 9 heteroatoms. The van der Waals surface area contributed by atoms with Crippen molar-refractivity contribution in [1.29, 1.82) is 0 Å². The number of nitrogens with zero attached hydrogens (tertiary/aromatic N) is 2. The van der Waals surface area contributed by atoms with E-state index in [2.05, 4.69) is 15.3 Å². The number of ether oxygens (including phenoxy) is 3. The number of hydrogen-bond acceptors (Lipinski definition) is 7. The Labute approximate surface area is 171 Å². The first kappa shape index (κ1) is 20.4. The lowest BCUT2D eigenvalue weighted by Crippen LogP contribution is -2.15. The Balaban J connectivity index is 1.62. The smallest absolute Gasteiger partial charge is 0.234 e. The predicted molar refractivity (Wildman–Crippen MR) is 107 cm³/mol. The number of carbonyl (C=O) groups is 1. The molecular formula is C20H18FN3O4S. The van der Waals surface area contributed by atoms with Gasteiger partial charge in [0.25, 0.3) is 0 Å². The van der Waals surface area contributed by atoms with Crippen molar-refractivity contribution < 1.29 is 23.4 Å². The molecule has 0 saturated heterocycles. The zero-order valence-corrected chi connectivity index (χ0v) is 16.5. The van der Waals surface area contributed by atoms with E-state index in [-0.39, 0.29) is 17.3 Å². The van der Waals surface area contributed by atoms with Crippen LogP contribution in [-0.2, 0) is 4.79 Å². The van der Waals surface area contributed by atoms with Gasteiger partial charge in [0.15, 0.2) is 5.16 Å². The third-order valence-corrected chi connectivity index (χ3v) is 4.50.